The third-order valence-electron chi connectivity index (χ3n) is 3.43. The van der Waals surface area contributed by atoms with Gasteiger partial charge in [0.05, 0.1) is 6.54 Å². The van der Waals surface area contributed by atoms with Crippen LogP contribution in [0.1, 0.15) is 12.0 Å². The number of amides is 1. The molecule has 1 fully saturated rings. The molecule has 1 aliphatic rings. The van der Waals surface area contributed by atoms with E-state index in [1.54, 1.807) is 17.1 Å². The van der Waals surface area contributed by atoms with Crippen molar-refractivity contribution < 1.29 is 4.79 Å². The maximum atomic E-state index is 12.0. The molecule has 22 heavy (non-hydrogen) atoms. The van der Waals surface area contributed by atoms with E-state index in [1.165, 1.54) is 0 Å². The molecule has 1 aliphatic heterocycles. The second-order valence-electron chi connectivity index (χ2n) is 5.23. The van der Waals surface area contributed by atoms with Gasteiger partial charge in [0, 0.05) is 55.2 Å². The first kappa shape index (κ1) is 15.1. The normalized spacial score (nSPS) is 18.1. The minimum Gasteiger partial charge on any atom is -0.312 e. The van der Waals surface area contributed by atoms with Crippen molar-refractivity contribution >= 4 is 23.5 Å². The Labute approximate surface area is 133 Å². The summed E-state index contributed by atoms with van der Waals surface area (Å²) in [5.74, 6) is 2.72. The Morgan fingerprint density at radius 1 is 1.41 bits per heavy atom. The van der Waals surface area contributed by atoms with Crippen LogP contribution in [0.3, 0.4) is 0 Å². The van der Waals surface area contributed by atoms with Crippen molar-refractivity contribution in [3.05, 3.63) is 42.4 Å². The minimum absolute atomic E-state index is 0.00848. The zero-order valence-corrected chi connectivity index (χ0v) is 13.1. The van der Waals surface area contributed by atoms with Gasteiger partial charge in [-0.15, -0.1) is 0 Å². The summed E-state index contributed by atoms with van der Waals surface area (Å²) >= 11 is 1.89. The molecule has 7 heteroatoms. The molecule has 1 amide bonds. The molecule has 2 N–H and O–H groups in total. The standard InChI is InChI=1S/C15H19N5OS/c21-15(9-13-11-22-8-6-17-13)18-14-3-7-20(19-14)10-12-1-4-16-5-2-12/h1-5,7,13,17H,6,8-11H2,(H,18,19,21). The third-order valence-corrected chi connectivity index (χ3v) is 4.56. The maximum absolute atomic E-state index is 12.0. The van der Waals surface area contributed by atoms with E-state index in [-0.39, 0.29) is 11.9 Å². The van der Waals surface area contributed by atoms with E-state index < -0.39 is 0 Å². The molecule has 1 saturated heterocycles. The topological polar surface area (TPSA) is 71.8 Å². The Balaban J connectivity index is 1.51. The highest BCUT2D eigenvalue weighted by atomic mass is 32.2. The van der Waals surface area contributed by atoms with E-state index >= 15 is 0 Å². The summed E-state index contributed by atoms with van der Waals surface area (Å²) in [5, 5.41) is 10.6. The number of hydrogen-bond donors (Lipinski definition) is 2. The van der Waals surface area contributed by atoms with Crippen LogP contribution < -0.4 is 10.6 Å². The first-order valence-electron chi connectivity index (χ1n) is 7.33. The Morgan fingerprint density at radius 2 is 2.27 bits per heavy atom. The van der Waals surface area contributed by atoms with E-state index in [0.717, 1.165) is 23.6 Å². The van der Waals surface area contributed by atoms with Crippen LogP contribution in [0.15, 0.2) is 36.8 Å². The molecule has 1 atom stereocenters. The average molecular weight is 317 g/mol. The lowest BCUT2D eigenvalue weighted by Crippen LogP contribution is -2.39. The molecule has 6 nitrogen and oxygen atoms in total. The van der Waals surface area contributed by atoms with E-state index in [4.69, 9.17) is 0 Å². The number of aromatic nitrogens is 3. The van der Waals surface area contributed by atoms with Crippen LogP contribution in [0.4, 0.5) is 5.82 Å². The Morgan fingerprint density at radius 3 is 3.05 bits per heavy atom. The van der Waals surface area contributed by atoms with Gasteiger partial charge in [0.1, 0.15) is 0 Å². The molecule has 0 spiro atoms. The number of nitrogens with zero attached hydrogens (tertiary/aromatic N) is 3. The molecule has 0 bridgehead atoms. The van der Waals surface area contributed by atoms with Crippen molar-refractivity contribution in [2.75, 3.05) is 23.4 Å². The summed E-state index contributed by atoms with van der Waals surface area (Å²) in [6.07, 6.45) is 5.88. The van der Waals surface area contributed by atoms with Crippen LogP contribution in [-0.4, -0.2) is 44.8 Å². The van der Waals surface area contributed by atoms with Gasteiger partial charge in [0.25, 0.3) is 0 Å². The highest BCUT2D eigenvalue weighted by molar-refractivity contribution is 7.99. The van der Waals surface area contributed by atoms with E-state index in [2.05, 4.69) is 20.7 Å². The number of pyridine rings is 1. The lowest BCUT2D eigenvalue weighted by molar-refractivity contribution is -0.116. The third kappa shape index (κ3) is 4.32. The lowest BCUT2D eigenvalue weighted by atomic mass is 10.2. The fraction of sp³-hybridized carbons (Fsp3) is 0.400. The van der Waals surface area contributed by atoms with Crippen molar-refractivity contribution in [3.63, 3.8) is 0 Å². The van der Waals surface area contributed by atoms with Crippen LogP contribution in [-0.2, 0) is 11.3 Å². The molecule has 0 radical (unpaired) electrons. The van der Waals surface area contributed by atoms with Crippen molar-refractivity contribution in [1.29, 1.82) is 0 Å². The van der Waals surface area contributed by atoms with Gasteiger partial charge < -0.3 is 10.6 Å². The Hall–Kier alpha value is -1.86. The van der Waals surface area contributed by atoms with Gasteiger partial charge in [0.15, 0.2) is 5.82 Å². The number of nitrogens with one attached hydrogen (secondary N) is 2. The van der Waals surface area contributed by atoms with Gasteiger partial charge in [-0.3, -0.25) is 14.5 Å². The fourth-order valence-electron chi connectivity index (χ4n) is 2.36. The molecule has 3 heterocycles. The van der Waals surface area contributed by atoms with E-state index in [0.29, 0.717) is 18.8 Å². The number of carbonyl (C=O) groups excluding carboxylic acids is 1. The summed E-state index contributed by atoms with van der Waals surface area (Å²) < 4.78 is 1.81. The maximum Gasteiger partial charge on any atom is 0.227 e. The minimum atomic E-state index is 0.00848. The first-order valence-corrected chi connectivity index (χ1v) is 8.48. The average Bonchev–Trinajstić information content (AvgIpc) is 2.96. The summed E-state index contributed by atoms with van der Waals surface area (Å²) in [4.78, 5) is 16.0. The SMILES string of the molecule is O=C(CC1CSCCN1)Nc1ccn(Cc2ccncc2)n1. The highest BCUT2D eigenvalue weighted by Crippen LogP contribution is 2.12. The van der Waals surface area contributed by atoms with Crippen LogP contribution in [0.2, 0.25) is 0 Å². The summed E-state index contributed by atoms with van der Waals surface area (Å²) in [5.41, 5.74) is 1.12. The van der Waals surface area contributed by atoms with E-state index in [9.17, 15) is 4.79 Å². The van der Waals surface area contributed by atoms with Crippen molar-refractivity contribution in [3.8, 4) is 0 Å². The summed E-state index contributed by atoms with van der Waals surface area (Å²) in [6.45, 7) is 1.64. The van der Waals surface area contributed by atoms with E-state index in [1.807, 2.05) is 36.2 Å². The van der Waals surface area contributed by atoms with Crippen LogP contribution in [0.5, 0.6) is 0 Å². The van der Waals surface area contributed by atoms with Crippen molar-refractivity contribution in [2.45, 2.75) is 19.0 Å². The van der Waals surface area contributed by atoms with Crippen LogP contribution in [0, 0.1) is 0 Å². The molecular weight excluding hydrogens is 298 g/mol. The Kier molecular flexibility index (Phi) is 5.07. The van der Waals surface area contributed by atoms with Crippen molar-refractivity contribution in [2.24, 2.45) is 0 Å². The number of thioether (sulfide) groups is 1. The van der Waals surface area contributed by atoms with Gasteiger partial charge in [-0.05, 0) is 17.7 Å². The monoisotopic (exact) mass is 317 g/mol. The first-order chi connectivity index (χ1) is 10.8. The summed E-state index contributed by atoms with van der Waals surface area (Å²) in [7, 11) is 0. The van der Waals surface area contributed by atoms with Crippen molar-refractivity contribution in [1.82, 2.24) is 20.1 Å². The molecule has 0 saturated carbocycles. The molecule has 2 aromatic heterocycles. The van der Waals surface area contributed by atoms with Gasteiger partial charge in [-0.2, -0.15) is 16.9 Å². The fourth-order valence-corrected chi connectivity index (χ4v) is 3.31. The predicted octanol–water partition coefficient (Wildman–Crippen LogP) is 1.36. The zero-order chi connectivity index (χ0) is 15.2. The lowest BCUT2D eigenvalue weighted by Gasteiger charge is -2.22. The largest absolute Gasteiger partial charge is 0.312 e. The molecule has 0 aliphatic carbocycles. The molecule has 1 unspecified atom stereocenters. The van der Waals surface area contributed by atoms with Gasteiger partial charge >= 0.3 is 0 Å². The molecule has 3 rings (SSSR count). The van der Waals surface area contributed by atoms with Gasteiger partial charge in [-0.25, -0.2) is 0 Å². The molecule has 2 aromatic rings. The predicted molar refractivity (Wildman–Crippen MR) is 87.9 cm³/mol. The van der Waals surface area contributed by atoms with Crippen LogP contribution in [0.25, 0.3) is 0 Å². The second kappa shape index (κ2) is 7.42. The molecule has 116 valence electrons. The number of rotatable bonds is 5. The number of carbonyl (C=O) groups is 1. The molecule has 0 aromatic carbocycles. The summed E-state index contributed by atoms with van der Waals surface area (Å²) in [6, 6.07) is 5.98. The smallest absolute Gasteiger partial charge is 0.227 e. The van der Waals surface area contributed by atoms with Gasteiger partial charge in [-0.1, -0.05) is 0 Å². The highest BCUT2D eigenvalue weighted by Gasteiger charge is 2.17. The molecular formula is C15H19N5OS. The zero-order valence-electron chi connectivity index (χ0n) is 12.2. The van der Waals surface area contributed by atoms with Gasteiger partial charge in [0.2, 0.25) is 5.91 Å². The second-order valence-corrected chi connectivity index (χ2v) is 6.38. The quantitative estimate of drug-likeness (QED) is 0.871. The van der Waals surface area contributed by atoms with Crippen LogP contribution >= 0.6 is 11.8 Å². The number of anilines is 1. The number of hydrogen-bond acceptors (Lipinski definition) is 5. The Bertz CT molecular complexity index is 609.